The van der Waals surface area contributed by atoms with Crippen LogP contribution in [-0.2, 0) is 4.74 Å². The third-order valence-electron chi connectivity index (χ3n) is 2.40. The van der Waals surface area contributed by atoms with Gasteiger partial charge in [0.1, 0.15) is 5.56 Å². The van der Waals surface area contributed by atoms with Crippen molar-refractivity contribution in [3.63, 3.8) is 0 Å². The van der Waals surface area contributed by atoms with Gasteiger partial charge in [0.25, 0.3) is 0 Å². The maximum absolute atomic E-state index is 12.2. The normalized spacial score (nSPS) is 10.6. The van der Waals surface area contributed by atoms with Crippen LogP contribution in [0.15, 0.2) is 32.1 Å². The average molecular weight is 375 g/mol. The van der Waals surface area contributed by atoms with Gasteiger partial charge in [0.2, 0.25) is 5.43 Å². The number of hydrogen-bond acceptors (Lipinski definition) is 3. The summed E-state index contributed by atoms with van der Waals surface area (Å²) < 4.78 is 6.34. The van der Waals surface area contributed by atoms with Crippen LogP contribution in [0.4, 0.5) is 0 Å². The number of aromatic amines is 1. The Morgan fingerprint density at radius 2 is 2.11 bits per heavy atom. The van der Waals surface area contributed by atoms with Crippen LogP contribution in [-0.4, -0.2) is 17.6 Å². The van der Waals surface area contributed by atoms with Gasteiger partial charge < -0.3 is 9.72 Å². The summed E-state index contributed by atoms with van der Waals surface area (Å²) in [5, 5.41) is 0.432. The third kappa shape index (κ3) is 2.35. The minimum atomic E-state index is -0.614. The highest BCUT2D eigenvalue weighted by molar-refractivity contribution is 9.11. The Morgan fingerprint density at radius 1 is 1.39 bits per heavy atom. The number of hydrogen-bond donors (Lipinski definition) is 1. The van der Waals surface area contributed by atoms with Gasteiger partial charge >= 0.3 is 5.97 Å². The van der Waals surface area contributed by atoms with E-state index in [2.05, 4.69) is 36.8 Å². The molecule has 0 aliphatic rings. The van der Waals surface area contributed by atoms with E-state index in [-0.39, 0.29) is 17.6 Å². The van der Waals surface area contributed by atoms with Crippen molar-refractivity contribution in [3.05, 3.63) is 43.1 Å². The lowest BCUT2D eigenvalue weighted by Crippen LogP contribution is -2.18. The van der Waals surface area contributed by atoms with Crippen LogP contribution in [0.1, 0.15) is 17.3 Å². The molecule has 1 heterocycles. The van der Waals surface area contributed by atoms with Crippen molar-refractivity contribution >= 4 is 48.7 Å². The number of esters is 1. The average Bonchev–Trinajstić information content (AvgIpc) is 2.30. The molecule has 0 saturated heterocycles. The Labute approximate surface area is 120 Å². The lowest BCUT2D eigenvalue weighted by Gasteiger charge is -2.05. The van der Waals surface area contributed by atoms with Crippen molar-refractivity contribution in [2.45, 2.75) is 6.92 Å². The van der Waals surface area contributed by atoms with Crippen LogP contribution in [0.2, 0.25) is 0 Å². The quantitative estimate of drug-likeness (QED) is 0.821. The Bertz CT molecular complexity index is 679. The van der Waals surface area contributed by atoms with Crippen molar-refractivity contribution in [2.24, 2.45) is 0 Å². The molecule has 2 aromatic rings. The molecule has 1 aromatic carbocycles. The molecule has 18 heavy (non-hydrogen) atoms. The van der Waals surface area contributed by atoms with Crippen LogP contribution >= 0.6 is 31.9 Å². The topological polar surface area (TPSA) is 59.2 Å². The Morgan fingerprint density at radius 3 is 2.78 bits per heavy atom. The minimum absolute atomic E-state index is 0.00866. The largest absolute Gasteiger partial charge is 0.462 e. The molecule has 94 valence electrons. The Hall–Kier alpha value is -1.14. The molecular formula is C12H9Br2NO3. The molecule has 0 spiro atoms. The fourth-order valence-corrected chi connectivity index (χ4v) is 2.95. The molecular weight excluding hydrogens is 366 g/mol. The number of fused-ring (bicyclic) bond motifs is 1. The number of carbonyl (C=O) groups excluding carboxylic acids is 1. The second kappa shape index (κ2) is 5.24. The van der Waals surface area contributed by atoms with E-state index in [0.29, 0.717) is 10.9 Å². The zero-order valence-corrected chi connectivity index (χ0v) is 12.6. The van der Waals surface area contributed by atoms with E-state index in [4.69, 9.17) is 4.74 Å². The number of benzene rings is 1. The molecule has 1 N–H and O–H groups in total. The van der Waals surface area contributed by atoms with Crippen LogP contribution < -0.4 is 5.43 Å². The first-order valence-electron chi connectivity index (χ1n) is 5.22. The van der Waals surface area contributed by atoms with Crippen LogP contribution in [0.25, 0.3) is 10.9 Å². The highest BCUT2D eigenvalue weighted by Crippen LogP contribution is 2.25. The van der Waals surface area contributed by atoms with E-state index >= 15 is 0 Å². The van der Waals surface area contributed by atoms with Crippen molar-refractivity contribution in [1.29, 1.82) is 0 Å². The predicted octanol–water partition coefficient (Wildman–Crippen LogP) is 3.23. The summed E-state index contributed by atoms with van der Waals surface area (Å²) in [5.41, 5.74) is 0.315. The molecule has 0 radical (unpaired) electrons. The van der Waals surface area contributed by atoms with Gasteiger partial charge in [-0.15, -0.1) is 0 Å². The molecule has 0 saturated carbocycles. The minimum Gasteiger partial charge on any atom is -0.462 e. The van der Waals surface area contributed by atoms with Crippen molar-refractivity contribution in [2.75, 3.05) is 6.61 Å². The van der Waals surface area contributed by atoms with Crippen LogP contribution in [0.5, 0.6) is 0 Å². The number of ether oxygens (including phenoxy) is 1. The van der Waals surface area contributed by atoms with Gasteiger partial charge in [-0.3, -0.25) is 4.79 Å². The predicted molar refractivity (Wildman–Crippen MR) is 75.9 cm³/mol. The first-order chi connectivity index (χ1) is 8.54. The molecule has 0 unspecified atom stereocenters. The van der Waals surface area contributed by atoms with E-state index in [0.717, 1.165) is 8.95 Å². The second-order valence-electron chi connectivity index (χ2n) is 3.56. The molecule has 0 aliphatic heterocycles. The maximum atomic E-state index is 12.2. The third-order valence-corrected chi connectivity index (χ3v) is 3.48. The van der Waals surface area contributed by atoms with E-state index in [1.807, 2.05) is 6.07 Å². The molecule has 4 nitrogen and oxygen atoms in total. The number of rotatable bonds is 2. The van der Waals surface area contributed by atoms with E-state index in [1.165, 1.54) is 6.20 Å². The summed E-state index contributed by atoms with van der Waals surface area (Å²) in [6, 6.07) is 3.49. The summed E-state index contributed by atoms with van der Waals surface area (Å²) in [7, 11) is 0. The molecule has 0 fully saturated rings. The summed E-state index contributed by atoms with van der Waals surface area (Å²) in [5.74, 6) is -0.614. The number of aromatic nitrogens is 1. The van der Waals surface area contributed by atoms with E-state index in [9.17, 15) is 9.59 Å². The number of H-pyrrole nitrogens is 1. The maximum Gasteiger partial charge on any atom is 0.343 e. The van der Waals surface area contributed by atoms with Crippen molar-refractivity contribution in [1.82, 2.24) is 4.98 Å². The molecule has 0 atom stereocenters. The fourth-order valence-electron chi connectivity index (χ4n) is 1.61. The van der Waals surface area contributed by atoms with Gasteiger partial charge in [-0.05, 0) is 35.0 Å². The molecule has 1 aromatic heterocycles. The van der Waals surface area contributed by atoms with Gasteiger partial charge in [0.05, 0.1) is 12.1 Å². The van der Waals surface area contributed by atoms with Crippen molar-refractivity contribution in [3.8, 4) is 0 Å². The molecule has 6 heteroatoms. The first-order valence-corrected chi connectivity index (χ1v) is 6.80. The lowest BCUT2D eigenvalue weighted by atomic mass is 10.1. The van der Waals surface area contributed by atoms with Gasteiger partial charge in [-0.1, -0.05) is 15.9 Å². The standard InChI is InChI=1S/C12H9Br2NO3/c1-2-18-12(17)8-5-15-10-7(11(8)16)3-6(13)4-9(10)14/h3-5H,2H2,1H3,(H,15,16). The lowest BCUT2D eigenvalue weighted by molar-refractivity contribution is 0.0524. The Balaban J connectivity index is 2.71. The van der Waals surface area contributed by atoms with Crippen LogP contribution in [0, 0.1) is 0 Å². The fraction of sp³-hybridized carbons (Fsp3) is 0.167. The number of halogens is 2. The van der Waals surface area contributed by atoms with Gasteiger partial charge in [0.15, 0.2) is 0 Å². The highest BCUT2D eigenvalue weighted by Gasteiger charge is 2.15. The number of nitrogens with one attached hydrogen (secondary N) is 1. The van der Waals surface area contributed by atoms with Gasteiger partial charge in [-0.25, -0.2) is 4.79 Å². The monoisotopic (exact) mass is 373 g/mol. The summed E-state index contributed by atoms with van der Waals surface area (Å²) in [6.07, 6.45) is 1.38. The van der Waals surface area contributed by atoms with Gasteiger partial charge in [0, 0.05) is 20.5 Å². The van der Waals surface area contributed by atoms with Crippen molar-refractivity contribution < 1.29 is 9.53 Å². The SMILES string of the molecule is CCOC(=O)c1c[nH]c2c(Br)cc(Br)cc2c1=O. The van der Waals surface area contributed by atoms with Crippen LogP contribution in [0.3, 0.4) is 0 Å². The molecule has 0 amide bonds. The zero-order valence-electron chi connectivity index (χ0n) is 9.42. The van der Waals surface area contributed by atoms with E-state index < -0.39 is 5.97 Å². The highest BCUT2D eigenvalue weighted by atomic mass is 79.9. The summed E-state index contributed by atoms with van der Waals surface area (Å²) in [6.45, 7) is 1.93. The van der Waals surface area contributed by atoms with E-state index in [1.54, 1.807) is 13.0 Å². The summed E-state index contributed by atoms with van der Waals surface area (Å²) in [4.78, 5) is 26.7. The smallest absolute Gasteiger partial charge is 0.343 e. The zero-order chi connectivity index (χ0) is 13.3. The summed E-state index contributed by atoms with van der Waals surface area (Å²) >= 11 is 6.67. The number of carbonyl (C=O) groups is 1. The first kappa shape index (κ1) is 13.3. The number of pyridine rings is 1. The molecule has 2 rings (SSSR count). The molecule has 0 aliphatic carbocycles. The van der Waals surface area contributed by atoms with Gasteiger partial charge in [-0.2, -0.15) is 0 Å². The Kier molecular flexibility index (Phi) is 3.87. The molecule has 0 bridgehead atoms. The second-order valence-corrected chi connectivity index (χ2v) is 5.33.